The lowest BCUT2D eigenvalue weighted by atomic mass is 9.92. The highest BCUT2D eigenvalue weighted by molar-refractivity contribution is 8.01. The average Bonchev–Trinajstić information content (AvgIpc) is 3.48. The fourth-order valence-electron chi connectivity index (χ4n) is 5.16. The molecule has 0 radical (unpaired) electrons. The summed E-state index contributed by atoms with van der Waals surface area (Å²) in [5.74, 6) is -1.63. The van der Waals surface area contributed by atoms with Gasteiger partial charge in [-0.15, -0.1) is 23.5 Å². The Balaban J connectivity index is 1.60. The first kappa shape index (κ1) is 47.3. The Morgan fingerprint density at radius 2 is 1.00 bits per heavy atom. The molecule has 0 saturated carbocycles. The molecule has 2 fully saturated rings. The van der Waals surface area contributed by atoms with E-state index < -0.39 is 32.5 Å². The van der Waals surface area contributed by atoms with Crippen molar-refractivity contribution in [1.29, 1.82) is 0 Å². The van der Waals surface area contributed by atoms with E-state index in [-0.39, 0.29) is 110 Å². The summed E-state index contributed by atoms with van der Waals surface area (Å²) in [4.78, 5) is 102. The number of likely N-dealkylation sites (tertiary alicyclic amines) is 2. The maximum absolute atomic E-state index is 12.7. The first-order chi connectivity index (χ1) is 24.8. The highest BCUT2D eigenvalue weighted by Crippen LogP contribution is 2.29. The molecule has 0 bridgehead atoms. The van der Waals surface area contributed by atoms with Crippen molar-refractivity contribution < 1.29 is 47.8 Å². The molecule has 0 aromatic heterocycles. The van der Waals surface area contributed by atoms with E-state index >= 15 is 0 Å². The molecule has 2 aliphatic heterocycles. The number of carbonyl (C=O) groups excluding carboxylic acids is 8. The third kappa shape index (κ3) is 16.1. The zero-order valence-electron chi connectivity index (χ0n) is 33.8. The number of amides is 6. The van der Waals surface area contributed by atoms with Crippen LogP contribution in [-0.2, 0) is 47.8 Å². The van der Waals surface area contributed by atoms with Crippen LogP contribution < -0.4 is 10.6 Å². The van der Waals surface area contributed by atoms with E-state index in [1.165, 1.54) is 23.5 Å². The van der Waals surface area contributed by atoms with Gasteiger partial charge >= 0.3 is 0 Å². The molecule has 16 heteroatoms. The summed E-state index contributed by atoms with van der Waals surface area (Å²) in [6, 6.07) is 0. The average molecular weight is 799 g/mol. The minimum Gasteiger partial charge on any atom is -0.375 e. The molecule has 6 amide bonds. The van der Waals surface area contributed by atoms with Crippen LogP contribution in [0.25, 0.3) is 0 Å². The molecule has 2 unspecified atom stereocenters. The van der Waals surface area contributed by atoms with Crippen LogP contribution in [-0.4, -0.2) is 129 Å². The summed E-state index contributed by atoms with van der Waals surface area (Å²) in [5.41, 5.74) is -2.13. The Kier molecular flexibility index (Phi) is 17.9. The summed E-state index contributed by atoms with van der Waals surface area (Å²) < 4.78 is 12.0. The van der Waals surface area contributed by atoms with E-state index in [2.05, 4.69) is 10.6 Å². The zero-order valence-corrected chi connectivity index (χ0v) is 35.5. The Hall–Kier alpha value is -2.82. The number of nitrogens with zero attached hydrogens (tertiary/aromatic N) is 2. The van der Waals surface area contributed by atoms with Gasteiger partial charge < -0.3 is 20.1 Å². The van der Waals surface area contributed by atoms with Crippen molar-refractivity contribution in [2.75, 3.05) is 50.9 Å². The molecule has 2 heterocycles. The number of ketones is 2. The van der Waals surface area contributed by atoms with Gasteiger partial charge in [0.05, 0.1) is 46.4 Å². The van der Waals surface area contributed by atoms with Crippen LogP contribution in [0.4, 0.5) is 0 Å². The molecule has 2 saturated heterocycles. The molecule has 0 aromatic rings. The lowest BCUT2D eigenvalue weighted by molar-refractivity contribution is -0.140. The SMILES string of the molecule is CC(C)(CCNC(=O)CCN1C(=O)CC(SCC(=O)C(C)(C)C)C1=O)OCCC(C)(C)OCCNC(=O)CCN1C(=O)CC(SCC(=O)C(C)(C)C)C1=O. The molecule has 0 aliphatic carbocycles. The smallest absolute Gasteiger partial charge is 0.242 e. The number of ether oxygens (including phenoxy) is 2. The molecule has 2 aliphatic rings. The van der Waals surface area contributed by atoms with E-state index in [0.717, 1.165) is 9.80 Å². The third-order valence-corrected chi connectivity index (χ3v) is 11.6. The second kappa shape index (κ2) is 20.4. The third-order valence-electron chi connectivity index (χ3n) is 9.20. The largest absolute Gasteiger partial charge is 0.375 e. The van der Waals surface area contributed by atoms with Gasteiger partial charge in [-0.1, -0.05) is 41.5 Å². The van der Waals surface area contributed by atoms with Crippen LogP contribution in [0.5, 0.6) is 0 Å². The fourth-order valence-corrected chi connectivity index (χ4v) is 7.79. The predicted molar refractivity (Wildman–Crippen MR) is 209 cm³/mol. The molecular weight excluding hydrogens is 737 g/mol. The van der Waals surface area contributed by atoms with Crippen LogP contribution in [0.3, 0.4) is 0 Å². The van der Waals surface area contributed by atoms with Crippen molar-refractivity contribution in [1.82, 2.24) is 20.4 Å². The van der Waals surface area contributed by atoms with Crippen molar-refractivity contribution in [2.24, 2.45) is 10.8 Å². The van der Waals surface area contributed by atoms with Crippen LogP contribution in [0.15, 0.2) is 0 Å². The Morgan fingerprint density at radius 3 is 1.43 bits per heavy atom. The van der Waals surface area contributed by atoms with Gasteiger partial charge in [0, 0.05) is 62.7 Å². The van der Waals surface area contributed by atoms with E-state index in [1.807, 2.05) is 69.2 Å². The van der Waals surface area contributed by atoms with Crippen LogP contribution in [0, 0.1) is 10.8 Å². The topological polar surface area (TPSA) is 186 Å². The maximum atomic E-state index is 12.7. The van der Waals surface area contributed by atoms with E-state index in [0.29, 0.717) is 26.0 Å². The molecule has 0 aromatic carbocycles. The summed E-state index contributed by atoms with van der Waals surface area (Å²) in [6.45, 7) is 19.8. The fraction of sp³-hybridized carbons (Fsp3) is 0.789. The number of rotatable bonds is 23. The predicted octanol–water partition coefficient (Wildman–Crippen LogP) is 3.32. The second-order valence-corrected chi connectivity index (χ2v) is 19.4. The van der Waals surface area contributed by atoms with Crippen molar-refractivity contribution in [2.45, 2.75) is 129 Å². The molecule has 0 spiro atoms. The first-order valence-corrected chi connectivity index (χ1v) is 20.7. The van der Waals surface area contributed by atoms with Crippen molar-refractivity contribution in [3.05, 3.63) is 0 Å². The summed E-state index contributed by atoms with van der Waals surface area (Å²) in [6.07, 6.45) is 1.12. The standard InChI is InChI=1S/C38H62N4O10S2/c1-35(2,3)27(43)23-53-25-21-31(47)41(33(25)49)17-11-29(45)39-15-13-37(7,8)51-19-14-38(9,10)52-20-16-40-30(46)12-18-42-32(48)22-26(34(42)50)54-24-28(44)36(4,5)6/h25-26H,11-24H2,1-10H3,(H,39,45)(H,40,46). The number of thioether (sulfide) groups is 2. The number of hydrogen-bond acceptors (Lipinski definition) is 12. The number of hydrogen-bond donors (Lipinski definition) is 2. The number of Topliss-reactive ketones (excluding diaryl/α,β-unsaturated/α-hetero) is 2. The molecule has 54 heavy (non-hydrogen) atoms. The van der Waals surface area contributed by atoms with Gasteiger partial charge in [-0.3, -0.25) is 48.2 Å². The summed E-state index contributed by atoms with van der Waals surface area (Å²) >= 11 is 2.36. The van der Waals surface area contributed by atoms with Gasteiger partial charge in [-0.25, -0.2) is 0 Å². The van der Waals surface area contributed by atoms with Crippen molar-refractivity contribution >= 4 is 70.5 Å². The van der Waals surface area contributed by atoms with Crippen LogP contribution >= 0.6 is 23.5 Å². The van der Waals surface area contributed by atoms with Gasteiger partial charge in [-0.05, 0) is 40.5 Å². The minimum absolute atomic E-state index is 0.00422. The van der Waals surface area contributed by atoms with Crippen LogP contribution in [0.2, 0.25) is 0 Å². The molecule has 306 valence electrons. The Morgan fingerprint density at radius 1 is 0.611 bits per heavy atom. The van der Waals surface area contributed by atoms with E-state index in [4.69, 9.17) is 9.47 Å². The van der Waals surface area contributed by atoms with Gasteiger partial charge in [0.25, 0.3) is 0 Å². The van der Waals surface area contributed by atoms with Crippen LogP contribution in [0.1, 0.15) is 108 Å². The molecule has 2 rings (SSSR count). The lowest BCUT2D eigenvalue weighted by Gasteiger charge is -2.30. The lowest BCUT2D eigenvalue weighted by Crippen LogP contribution is -2.38. The highest BCUT2D eigenvalue weighted by Gasteiger charge is 2.41. The molecule has 2 N–H and O–H groups in total. The summed E-state index contributed by atoms with van der Waals surface area (Å²) in [5, 5.41) is 4.38. The summed E-state index contributed by atoms with van der Waals surface area (Å²) in [7, 11) is 0. The van der Waals surface area contributed by atoms with Crippen molar-refractivity contribution in [3.8, 4) is 0 Å². The van der Waals surface area contributed by atoms with Gasteiger partial charge in [-0.2, -0.15) is 0 Å². The van der Waals surface area contributed by atoms with E-state index in [1.54, 1.807) is 0 Å². The quantitative estimate of drug-likeness (QED) is 0.114. The number of carbonyl (C=O) groups is 8. The molecule has 14 nitrogen and oxygen atoms in total. The van der Waals surface area contributed by atoms with E-state index in [9.17, 15) is 38.4 Å². The normalized spacial score (nSPS) is 18.5. The molecule has 2 atom stereocenters. The van der Waals surface area contributed by atoms with Gasteiger partial charge in [0.2, 0.25) is 35.4 Å². The number of nitrogens with one attached hydrogen (secondary N) is 2. The zero-order chi connectivity index (χ0) is 41.1. The maximum Gasteiger partial charge on any atom is 0.242 e. The molecular formula is C38H62N4O10S2. The number of imide groups is 2. The first-order valence-electron chi connectivity index (χ1n) is 18.6. The monoisotopic (exact) mass is 798 g/mol. The van der Waals surface area contributed by atoms with Gasteiger partial charge in [0.1, 0.15) is 11.6 Å². The Labute approximate surface area is 329 Å². The minimum atomic E-state index is -0.603. The van der Waals surface area contributed by atoms with Crippen molar-refractivity contribution in [3.63, 3.8) is 0 Å². The Bertz CT molecular complexity index is 1400. The second-order valence-electron chi connectivity index (χ2n) is 17.0. The van der Waals surface area contributed by atoms with Gasteiger partial charge in [0.15, 0.2) is 0 Å². The highest BCUT2D eigenvalue weighted by atomic mass is 32.2.